The zero-order valence-corrected chi connectivity index (χ0v) is 8.50. The molecule has 2 rings (SSSR count). The Morgan fingerprint density at radius 1 is 1.21 bits per heavy atom. The van der Waals surface area contributed by atoms with E-state index >= 15 is 0 Å². The van der Waals surface area contributed by atoms with Crippen LogP contribution in [0.25, 0.3) is 0 Å². The van der Waals surface area contributed by atoms with Crippen molar-refractivity contribution in [2.24, 2.45) is 11.1 Å². The van der Waals surface area contributed by atoms with Crippen molar-refractivity contribution in [3.05, 3.63) is 41.7 Å². The summed E-state index contributed by atoms with van der Waals surface area (Å²) in [6, 6.07) is 0. The molecule has 0 aromatic carbocycles. The van der Waals surface area contributed by atoms with Crippen LogP contribution in [0, 0.1) is 5.41 Å². The Kier molecular flexibility index (Phi) is 2.72. The minimum absolute atomic E-state index is 0.221. The Morgan fingerprint density at radius 3 is 2.71 bits per heavy atom. The molecule has 2 aliphatic rings. The molecule has 1 nitrogen and oxygen atoms in total. The average Bonchev–Trinajstić information content (AvgIpc) is 2.54. The van der Waals surface area contributed by atoms with E-state index in [1.807, 2.05) is 18.2 Å². The Hall–Kier alpha value is -1.04. The molecule has 0 amide bonds. The Morgan fingerprint density at radius 2 is 2.00 bits per heavy atom. The summed E-state index contributed by atoms with van der Waals surface area (Å²) in [7, 11) is 0. The Bertz CT molecular complexity index is 321. The summed E-state index contributed by atoms with van der Waals surface area (Å²) in [5.41, 5.74) is 10.8. The van der Waals surface area contributed by atoms with Gasteiger partial charge in [0.25, 0.3) is 0 Å². The summed E-state index contributed by atoms with van der Waals surface area (Å²) in [5, 5.41) is 0. The monoisotopic (exact) mass is 187 g/mol. The molecule has 1 heteroatoms. The van der Waals surface area contributed by atoms with Crippen molar-refractivity contribution in [3.63, 3.8) is 0 Å². The maximum Gasteiger partial charge on any atom is 0.0149 e. The Labute approximate surface area is 85.7 Å². The lowest BCUT2D eigenvalue weighted by Crippen LogP contribution is -2.28. The summed E-state index contributed by atoms with van der Waals surface area (Å²) in [5.74, 6) is 0. The van der Waals surface area contributed by atoms with Crippen LogP contribution in [0.2, 0.25) is 0 Å². The second kappa shape index (κ2) is 4.00. The highest BCUT2D eigenvalue weighted by Crippen LogP contribution is 2.43. The van der Waals surface area contributed by atoms with Gasteiger partial charge in [-0.2, -0.15) is 0 Å². The van der Waals surface area contributed by atoms with Gasteiger partial charge in [0, 0.05) is 17.5 Å². The van der Waals surface area contributed by atoms with Crippen LogP contribution in [0.15, 0.2) is 41.7 Å². The molecule has 0 saturated heterocycles. The van der Waals surface area contributed by atoms with E-state index in [1.165, 1.54) is 31.3 Å². The molecule has 0 aromatic heterocycles. The predicted octanol–water partition coefficient (Wildman–Crippen LogP) is 2.71. The second-order valence-electron chi connectivity index (χ2n) is 4.16. The zero-order chi connectivity index (χ0) is 9.86. The largest absolute Gasteiger partial charge is 0.330 e. The van der Waals surface area contributed by atoms with E-state index in [0.29, 0.717) is 0 Å². The number of hydrogen-bond acceptors (Lipinski definition) is 1. The van der Waals surface area contributed by atoms with E-state index < -0.39 is 0 Å². The highest BCUT2D eigenvalue weighted by molar-refractivity contribution is 5.34. The lowest BCUT2D eigenvalue weighted by molar-refractivity contribution is 0.390. The first-order valence-corrected chi connectivity index (χ1v) is 5.38. The summed E-state index contributed by atoms with van der Waals surface area (Å²) in [6.45, 7) is 0.757. The van der Waals surface area contributed by atoms with Gasteiger partial charge in [0.15, 0.2) is 0 Å². The first kappa shape index (κ1) is 9.51. The first-order chi connectivity index (χ1) is 6.87. The van der Waals surface area contributed by atoms with Crippen molar-refractivity contribution in [2.45, 2.75) is 25.7 Å². The number of rotatable bonds is 2. The molecule has 0 atom stereocenters. The van der Waals surface area contributed by atoms with E-state index in [0.717, 1.165) is 6.54 Å². The molecule has 14 heavy (non-hydrogen) atoms. The van der Waals surface area contributed by atoms with Crippen molar-refractivity contribution in [1.82, 2.24) is 0 Å². The van der Waals surface area contributed by atoms with Gasteiger partial charge in [-0.3, -0.25) is 0 Å². The van der Waals surface area contributed by atoms with E-state index in [1.54, 1.807) is 0 Å². The van der Waals surface area contributed by atoms with Crippen LogP contribution in [0.4, 0.5) is 0 Å². The summed E-state index contributed by atoms with van der Waals surface area (Å²) >= 11 is 0. The smallest absolute Gasteiger partial charge is 0.0149 e. The quantitative estimate of drug-likeness (QED) is 0.661. The molecule has 1 saturated carbocycles. The molecular weight excluding hydrogens is 170 g/mol. The normalized spacial score (nSPS) is 23.6. The van der Waals surface area contributed by atoms with Gasteiger partial charge in [-0.05, 0) is 18.9 Å². The van der Waals surface area contributed by atoms with Gasteiger partial charge >= 0.3 is 0 Å². The minimum Gasteiger partial charge on any atom is -0.330 e. The van der Waals surface area contributed by atoms with Gasteiger partial charge in [0.1, 0.15) is 0 Å². The third-order valence-corrected chi connectivity index (χ3v) is 3.34. The van der Waals surface area contributed by atoms with Gasteiger partial charge in [-0.25, -0.2) is 0 Å². The lowest BCUT2D eigenvalue weighted by atomic mass is 9.78. The third kappa shape index (κ3) is 1.61. The van der Waals surface area contributed by atoms with Crippen LogP contribution in [0.1, 0.15) is 25.7 Å². The molecule has 0 aromatic rings. The molecule has 1 fully saturated rings. The molecule has 0 radical (unpaired) electrons. The molecule has 0 heterocycles. The highest BCUT2D eigenvalue weighted by Gasteiger charge is 2.35. The van der Waals surface area contributed by atoms with Crippen LogP contribution in [0.5, 0.6) is 0 Å². The molecule has 2 N–H and O–H groups in total. The second-order valence-corrected chi connectivity index (χ2v) is 4.16. The van der Waals surface area contributed by atoms with E-state index in [-0.39, 0.29) is 5.41 Å². The molecule has 0 unspecified atom stereocenters. The van der Waals surface area contributed by atoms with Gasteiger partial charge in [0.2, 0.25) is 0 Å². The summed E-state index contributed by atoms with van der Waals surface area (Å²) in [4.78, 5) is 0. The molecule has 2 aliphatic carbocycles. The average molecular weight is 187 g/mol. The van der Waals surface area contributed by atoms with Crippen molar-refractivity contribution in [1.29, 1.82) is 0 Å². The van der Waals surface area contributed by atoms with Crippen molar-refractivity contribution in [2.75, 3.05) is 6.54 Å². The fourth-order valence-corrected chi connectivity index (χ4v) is 2.42. The van der Waals surface area contributed by atoms with Crippen LogP contribution in [0.3, 0.4) is 0 Å². The number of nitrogens with two attached hydrogens (primary N) is 1. The Balaban J connectivity index is 2.32. The lowest BCUT2D eigenvalue weighted by Gasteiger charge is -2.27. The van der Waals surface area contributed by atoms with Crippen molar-refractivity contribution < 1.29 is 0 Å². The minimum atomic E-state index is 0.221. The van der Waals surface area contributed by atoms with Crippen molar-refractivity contribution >= 4 is 0 Å². The van der Waals surface area contributed by atoms with Gasteiger partial charge in [-0.1, -0.05) is 37.1 Å². The van der Waals surface area contributed by atoms with Crippen LogP contribution in [-0.4, -0.2) is 6.54 Å². The van der Waals surface area contributed by atoms with Crippen LogP contribution < -0.4 is 5.73 Å². The van der Waals surface area contributed by atoms with Crippen LogP contribution in [-0.2, 0) is 0 Å². The van der Waals surface area contributed by atoms with Gasteiger partial charge in [0.05, 0.1) is 0 Å². The summed E-state index contributed by atoms with van der Waals surface area (Å²) in [6.07, 6.45) is 15.4. The zero-order valence-electron chi connectivity index (χ0n) is 8.50. The number of allylic oxidation sites excluding steroid dienone is 4. The van der Waals surface area contributed by atoms with Gasteiger partial charge in [-0.15, -0.1) is 5.73 Å². The molecule has 74 valence electrons. The maximum absolute atomic E-state index is 5.92. The molecule has 0 bridgehead atoms. The van der Waals surface area contributed by atoms with Crippen LogP contribution >= 0.6 is 0 Å². The highest BCUT2D eigenvalue weighted by atomic mass is 14.6. The van der Waals surface area contributed by atoms with E-state index in [9.17, 15) is 0 Å². The fraction of sp³-hybridized carbons (Fsp3) is 0.462. The predicted molar refractivity (Wildman–Crippen MR) is 59.8 cm³/mol. The number of hydrogen-bond donors (Lipinski definition) is 1. The fourth-order valence-electron chi connectivity index (χ4n) is 2.42. The first-order valence-electron chi connectivity index (χ1n) is 5.38. The summed E-state index contributed by atoms with van der Waals surface area (Å²) < 4.78 is 0. The maximum atomic E-state index is 5.92. The third-order valence-electron chi connectivity index (χ3n) is 3.34. The SMILES string of the molecule is NCC1(C2=C=CC=CC=C2)CCCC1. The van der Waals surface area contributed by atoms with Crippen molar-refractivity contribution in [3.8, 4) is 0 Å². The molecular formula is C13H17N. The molecule has 0 spiro atoms. The van der Waals surface area contributed by atoms with Gasteiger partial charge < -0.3 is 5.73 Å². The topological polar surface area (TPSA) is 26.0 Å². The van der Waals surface area contributed by atoms with E-state index in [4.69, 9.17) is 5.73 Å². The van der Waals surface area contributed by atoms with E-state index in [2.05, 4.69) is 17.9 Å². The molecule has 0 aliphatic heterocycles. The standard InChI is InChI=1S/C13H17N/c14-11-13(9-5-6-10-13)12-7-3-1-2-4-8-12/h1-4,7H,5-6,9-11,14H2.